The molecule has 1 aliphatic rings. The van der Waals surface area contributed by atoms with Crippen molar-refractivity contribution in [2.24, 2.45) is 0 Å². The van der Waals surface area contributed by atoms with Crippen LogP contribution in [0.25, 0.3) is 0 Å². The van der Waals surface area contributed by atoms with E-state index in [9.17, 15) is 9.59 Å². The maximum Gasteiger partial charge on any atom is 0.325 e. The summed E-state index contributed by atoms with van der Waals surface area (Å²) in [6.45, 7) is 2.88. The van der Waals surface area contributed by atoms with E-state index in [1.165, 1.54) is 19.1 Å². The van der Waals surface area contributed by atoms with Crippen LogP contribution in [0, 0.1) is 6.92 Å². The average molecular weight is 385 g/mol. The molecule has 0 aliphatic carbocycles. The van der Waals surface area contributed by atoms with Crippen molar-refractivity contribution >= 4 is 11.9 Å². The fourth-order valence-corrected chi connectivity index (χ4v) is 2.99. The molecule has 7 nitrogen and oxygen atoms in total. The summed E-state index contributed by atoms with van der Waals surface area (Å²) < 4.78 is 21.3. The third-order valence-electron chi connectivity index (χ3n) is 4.53. The van der Waals surface area contributed by atoms with Gasteiger partial charge in [0, 0.05) is 12.1 Å². The van der Waals surface area contributed by atoms with E-state index in [-0.39, 0.29) is 19.0 Å². The number of hydrogen-bond acceptors (Lipinski definition) is 6. The van der Waals surface area contributed by atoms with E-state index < -0.39 is 5.97 Å². The number of nitrogens with zero attached hydrogens (tertiary/aromatic N) is 1. The lowest BCUT2D eigenvalue weighted by atomic mass is 10.1. The molecule has 0 unspecified atom stereocenters. The SMILES string of the molecule is COC(=O)CN(Cc1ccccc1C)C(=O)c1cc(OC)c2c(c1)OCCO2. The number of rotatable bonds is 6. The van der Waals surface area contributed by atoms with Crippen LogP contribution in [0.5, 0.6) is 17.2 Å². The number of carbonyl (C=O) groups is 2. The number of esters is 1. The van der Waals surface area contributed by atoms with Crippen LogP contribution in [-0.2, 0) is 16.1 Å². The molecule has 3 rings (SSSR count). The normalized spacial score (nSPS) is 12.2. The molecule has 148 valence electrons. The highest BCUT2D eigenvalue weighted by molar-refractivity contribution is 5.97. The third-order valence-corrected chi connectivity index (χ3v) is 4.53. The van der Waals surface area contributed by atoms with E-state index in [0.29, 0.717) is 36.0 Å². The topological polar surface area (TPSA) is 74.3 Å². The highest BCUT2D eigenvalue weighted by atomic mass is 16.6. The molecule has 0 saturated carbocycles. The first-order valence-corrected chi connectivity index (χ1v) is 8.91. The summed E-state index contributed by atoms with van der Waals surface area (Å²) in [7, 11) is 2.80. The number of aryl methyl sites for hydroxylation is 1. The van der Waals surface area contributed by atoms with E-state index >= 15 is 0 Å². The van der Waals surface area contributed by atoms with Crippen LogP contribution < -0.4 is 14.2 Å². The Balaban J connectivity index is 1.94. The molecule has 0 saturated heterocycles. The molecule has 0 aromatic heterocycles. The van der Waals surface area contributed by atoms with Gasteiger partial charge in [-0.2, -0.15) is 0 Å². The Hall–Kier alpha value is -3.22. The van der Waals surface area contributed by atoms with Gasteiger partial charge in [-0.1, -0.05) is 24.3 Å². The Morgan fingerprint density at radius 3 is 2.57 bits per heavy atom. The fourth-order valence-electron chi connectivity index (χ4n) is 2.99. The Morgan fingerprint density at radius 1 is 1.11 bits per heavy atom. The van der Waals surface area contributed by atoms with Crippen molar-refractivity contribution in [1.82, 2.24) is 4.90 Å². The standard InChI is InChI=1S/C21H23NO6/c1-14-6-4-5-7-15(14)12-22(13-19(23)26-3)21(24)16-10-17(25-2)20-18(11-16)27-8-9-28-20/h4-7,10-11H,8-9,12-13H2,1-3H3. The van der Waals surface area contributed by atoms with Gasteiger partial charge < -0.3 is 23.8 Å². The molecule has 0 N–H and O–H groups in total. The fraction of sp³-hybridized carbons (Fsp3) is 0.333. The van der Waals surface area contributed by atoms with Crippen LogP contribution in [0.1, 0.15) is 21.5 Å². The quantitative estimate of drug-likeness (QED) is 0.712. The lowest BCUT2D eigenvalue weighted by molar-refractivity contribution is -0.141. The molecule has 2 aromatic rings. The van der Waals surface area contributed by atoms with Gasteiger partial charge in [-0.15, -0.1) is 0 Å². The van der Waals surface area contributed by atoms with Gasteiger partial charge in [0.05, 0.1) is 14.2 Å². The highest BCUT2D eigenvalue weighted by Crippen LogP contribution is 2.40. The minimum Gasteiger partial charge on any atom is -0.493 e. The lowest BCUT2D eigenvalue weighted by Crippen LogP contribution is -2.36. The Labute approximate surface area is 163 Å². The molecule has 2 aromatic carbocycles. The van der Waals surface area contributed by atoms with Crippen LogP contribution in [0.3, 0.4) is 0 Å². The molecule has 0 fully saturated rings. The van der Waals surface area contributed by atoms with Crippen molar-refractivity contribution in [2.45, 2.75) is 13.5 Å². The van der Waals surface area contributed by atoms with E-state index in [2.05, 4.69) is 0 Å². The molecule has 7 heteroatoms. The van der Waals surface area contributed by atoms with Crippen molar-refractivity contribution in [1.29, 1.82) is 0 Å². The molecular weight excluding hydrogens is 362 g/mol. The second kappa shape index (κ2) is 8.65. The molecular formula is C21H23NO6. The second-order valence-corrected chi connectivity index (χ2v) is 6.37. The van der Waals surface area contributed by atoms with Crippen molar-refractivity contribution in [2.75, 3.05) is 34.0 Å². The predicted octanol–water partition coefficient (Wildman–Crippen LogP) is 2.59. The molecule has 0 spiro atoms. The minimum absolute atomic E-state index is 0.166. The van der Waals surface area contributed by atoms with E-state index in [0.717, 1.165) is 11.1 Å². The van der Waals surface area contributed by atoms with Gasteiger partial charge >= 0.3 is 5.97 Å². The summed E-state index contributed by atoms with van der Waals surface area (Å²) >= 11 is 0. The number of ether oxygens (including phenoxy) is 4. The molecule has 1 amide bonds. The van der Waals surface area contributed by atoms with Gasteiger partial charge in [0.15, 0.2) is 11.5 Å². The summed E-state index contributed by atoms with van der Waals surface area (Å²) in [4.78, 5) is 26.6. The molecule has 0 atom stereocenters. The number of methoxy groups -OCH3 is 2. The zero-order chi connectivity index (χ0) is 20.1. The molecule has 0 radical (unpaired) electrons. The van der Waals surface area contributed by atoms with Gasteiger partial charge in [0.25, 0.3) is 5.91 Å². The summed E-state index contributed by atoms with van der Waals surface area (Å²) in [6.07, 6.45) is 0. The number of hydrogen-bond donors (Lipinski definition) is 0. The zero-order valence-electron chi connectivity index (χ0n) is 16.2. The maximum atomic E-state index is 13.2. The third kappa shape index (κ3) is 4.19. The van der Waals surface area contributed by atoms with Gasteiger partial charge in [-0.05, 0) is 30.2 Å². The van der Waals surface area contributed by atoms with Crippen molar-refractivity contribution < 1.29 is 28.5 Å². The van der Waals surface area contributed by atoms with Gasteiger partial charge in [0.1, 0.15) is 19.8 Å². The lowest BCUT2D eigenvalue weighted by Gasteiger charge is -2.25. The van der Waals surface area contributed by atoms with Crippen LogP contribution >= 0.6 is 0 Å². The van der Waals surface area contributed by atoms with Crippen LogP contribution in [0.2, 0.25) is 0 Å². The first-order valence-electron chi connectivity index (χ1n) is 8.91. The van der Waals surface area contributed by atoms with E-state index in [4.69, 9.17) is 18.9 Å². The first-order chi connectivity index (χ1) is 13.5. The first kappa shape index (κ1) is 19.5. The molecule has 0 bridgehead atoms. The van der Waals surface area contributed by atoms with Crippen LogP contribution in [-0.4, -0.2) is 50.8 Å². The van der Waals surface area contributed by atoms with Gasteiger partial charge in [0.2, 0.25) is 5.75 Å². The molecule has 28 heavy (non-hydrogen) atoms. The average Bonchev–Trinajstić information content (AvgIpc) is 2.73. The second-order valence-electron chi connectivity index (χ2n) is 6.37. The Morgan fingerprint density at radius 2 is 1.86 bits per heavy atom. The van der Waals surface area contributed by atoms with Crippen molar-refractivity contribution in [3.05, 3.63) is 53.1 Å². The summed E-state index contributed by atoms with van der Waals surface area (Å²) in [6, 6.07) is 10.9. The number of amides is 1. The number of fused-ring (bicyclic) bond motifs is 1. The number of carbonyl (C=O) groups excluding carboxylic acids is 2. The van der Waals surface area contributed by atoms with Crippen molar-refractivity contribution in [3.63, 3.8) is 0 Å². The van der Waals surface area contributed by atoms with Crippen LogP contribution in [0.15, 0.2) is 36.4 Å². The monoisotopic (exact) mass is 385 g/mol. The largest absolute Gasteiger partial charge is 0.493 e. The number of benzene rings is 2. The smallest absolute Gasteiger partial charge is 0.325 e. The zero-order valence-corrected chi connectivity index (χ0v) is 16.2. The van der Waals surface area contributed by atoms with Gasteiger partial charge in [-0.3, -0.25) is 9.59 Å². The Kier molecular flexibility index (Phi) is 6.03. The summed E-state index contributed by atoms with van der Waals surface area (Å²) in [5.74, 6) is 0.511. The van der Waals surface area contributed by atoms with Crippen molar-refractivity contribution in [3.8, 4) is 17.2 Å². The summed E-state index contributed by atoms with van der Waals surface area (Å²) in [5.41, 5.74) is 2.33. The maximum absolute atomic E-state index is 13.2. The van der Waals surface area contributed by atoms with E-state index in [1.807, 2.05) is 31.2 Å². The molecule has 1 aliphatic heterocycles. The minimum atomic E-state index is -0.494. The van der Waals surface area contributed by atoms with Gasteiger partial charge in [-0.25, -0.2) is 0 Å². The Bertz CT molecular complexity index is 862. The molecule has 1 heterocycles. The van der Waals surface area contributed by atoms with Crippen LogP contribution in [0.4, 0.5) is 0 Å². The highest BCUT2D eigenvalue weighted by Gasteiger charge is 2.25. The predicted molar refractivity (Wildman–Crippen MR) is 102 cm³/mol. The summed E-state index contributed by atoms with van der Waals surface area (Å²) in [5, 5.41) is 0. The van der Waals surface area contributed by atoms with E-state index in [1.54, 1.807) is 12.1 Å².